The fourth-order valence-corrected chi connectivity index (χ4v) is 4.29. The van der Waals surface area contributed by atoms with Gasteiger partial charge in [0, 0.05) is 22.2 Å². The van der Waals surface area contributed by atoms with E-state index < -0.39 is 5.97 Å². The number of benzene rings is 1. The number of carboxylic acid groups (broad SMARTS) is 1. The minimum atomic E-state index is -1.07. The van der Waals surface area contributed by atoms with E-state index in [2.05, 4.69) is 5.32 Å². The topological polar surface area (TPSA) is 79.3 Å². The molecule has 0 unspecified atom stereocenters. The predicted molar refractivity (Wildman–Crippen MR) is 106 cm³/mol. The van der Waals surface area contributed by atoms with E-state index in [9.17, 15) is 14.7 Å². The lowest BCUT2D eigenvalue weighted by molar-refractivity contribution is 0.0699. The number of aromatic carboxylic acids is 1. The number of carbonyl (C=O) groups excluding carboxylic acids is 1. The Bertz CT molecular complexity index is 1010. The van der Waals surface area contributed by atoms with E-state index in [0.29, 0.717) is 21.8 Å². The first-order chi connectivity index (χ1) is 13.1. The lowest BCUT2D eigenvalue weighted by Gasteiger charge is -2.15. The molecule has 2 aromatic heterocycles. The lowest BCUT2D eigenvalue weighted by atomic mass is 9.95. The second-order valence-electron chi connectivity index (χ2n) is 6.49. The van der Waals surface area contributed by atoms with Gasteiger partial charge in [0.1, 0.15) is 10.6 Å². The molecule has 27 heavy (non-hydrogen) atoms. The van der Waals surface area contributed by atoms with Crippen LogP contribution in [0, 0.1) is 0 Å². The molecule has 0 radical (unpaired) electrons. The second kappa shape index (κ2) is 7.32. The predicted octanol–water partition coefficient (Wildman–Crippen LogP) is 4.64. The quantitative estimate of drug-likeness (QED) is 0.693. The van der Waals surface area contributed by atoms with Gasteiger partial charge in [0.05, 0.1) is 5.69 Å². The third-order valence-corrected chi connectivity index (χ3v) is 5.62. The molecule has 1 amide bonds. The number of carboxylic acids is 1. The Morgan fingerprint density at radius 2 is 1.81 bits per heavy atom. The van der Waals surface area contributed by atoms with E-state index in [1.165, 1.54) is 23.3 Å². The minimum Gasteiger partial charge on any atom is -0.478 e. The van der Waals surface area contributed by atoms with Crippen LogP contribution in [0.3, 0.4) is 0 Å². The summed E-state index contributed by atoms with van der Waals surface area (Å²) >= 11 is 1.21. The van der Waals surface area contributed by atoms with Crippen LogP contribution in [-0.4, -0.2) is 22.0 Å². The SMILES string of the molecule is O=C(Nc1scc(-c2ccc3c(n2)CCCC3)c1C(=O)O)c1ccccc1. The minimum absolute atomic E-state index is 0.0903. The molecule has 0 aliphatic heterocycles. The van der Waals surface area contributed by atoms with Crippen LogP contribution in [0.2, 0.25) is 0 Å². The van der Waals surface area contributed by atoms with Gasteiger partial charge in [-0.15, -0.1) is 11.3 Å². The normalized spacial score (nSPS) is 13.0. The summed E-state index contributed by atoms with van der Waals surface area (Å²) in [6, 6.07) is 12.7. The van der Waals surface area contributed by atoms with Crippen molar-refractivity contribution in [1.82, 2.24) is 4.98 Å². The van der Waals surface area contributed by atoms with Crippen LogP contribution in [0.1, 0.15) is 44.8 Å². The number of thiophene rings is 1. The zero-order valence-electron chi connectivity index (χ0n) is 14.6. The van der Waals surface area contributed by atoms with Crippen LogP contribution in [0.4, 0.5) is 5.00 Å². The highest BCUT2D eigenvalue weighted by atomic mass is 32.1. The molecule has 4 rings (SSSR count). The van der Waals surface area contributed by atoms with E-state index in [4.69, 9.17) is 4.98 Å². The monoisotopic (exact) mass is 378 g/mol. The molecule has 0 bridgehead atoms. The smallest absolute Gasteiger partial charge is 0.339 e. The standard InChI is InChI=1S/C21H18N2O3S/c24-19(14-7-2-1-3-8-14)23-20-18(21(25)26)15(12-27-20)17-11-10-13-6-4-5-9-16(13)22-17/h1-3,7-8,10-12H,4-6,9H2,(H,23,24)(H,25,26). The van der Waals surface area contributed by atoms with Crippen molar-refractivity contribution in [3.63, 3.8) is 0 Å². The van der Waals surface area contributed by atoms with Crippen LogP contribution in [0.15, 0.2) is 47.8 Å². The van der Waals surface area contributed by atoms with Gasteiger partial charge >= 0.3 is 5.97 Å². The van der Waals surface area contributed by atoms with Crippen LogP contribution < -0.4 is 5.32 Å². The highest BCUT2D eigenvalue weighted by Crippen LogP contribution is 2.36. The zero-order chi connectivity index (χ0) is 18.8. The number of fused-ring (bicyclic) bond motifs is 1. The maximum Gasteiger partial charge on any atom is 0.339 e. The van der Waals surface area contributed by atoms with Gasteiger partial charge in [0.2, 0.25) is 0 Å². The molecule has 0 atom stereocenters. The Kier molecular flexibility index (Phi) is 4.73. The maximum atomic E-state index is 12.4. The number of nitrogens with one attached hydrogen (secondary N) is 1. The Morgan fingerprint density at radius 3 is 2.59 bits per heavy atom. The highest BCUT2D eigenvalue weighted by Gasteiger charge is 2.23. The van der Waals surface area contributed by atoms with Crippen molar-refractivity contribution in [2.24, 2.45) is 0 Å². The van der Waals surface area contributed by atoms with Crippen molar-refractivity contribution in [2.75, 3.05) is 5.32 Å². The van der Waals surface area contributed by atoms with Crippen LogP contribution >= 0.6 is 11.3 Å². The summed E-state index contributed by atoms with van der Waals surface area (Å²) in [7, 11) is 0. The molecular weight excluding hydrogens is 360 g/mol. The lowest BCUT2D eigenvalue weighted by Crippen LogP contribution is -2.13. The number of anilines is 1. The molecule has 0 spiro atoms. The Labute approximate surface area is 160 Å². The average molecular weight is 378 g/mol. The van der Waals surface area contributed by atoms with Crippen molar-refractivity contribution in [3.8, 4) is 11.3 Å². The van der Waals surface area contributed by atoms with Crippen molar-refractivity contribution in [2.45, 2.75) is 25.7 Å². The van der Waals surface area contributed by atoms with Gasteiger partial charge in [-0.2, -0.15) is 0 Å². The first kappa shape index (κ1) is 17.4. The molecule has 0 saturated heterocycles. The summed E-state index contributed by atoms with van der Waals surface area (Å²) in [4.78, 5) is 29.0. The van der Waals surface area contributed by atoms with Gasteiger partial charge in [-0.25, -0.2) is 4.79 Å². The number of aromatic nitrogens is 1. The number of carbonyl (C=O) groups is 2. The van der Waals surface area contributed by atoms with Gasteiger partial charge in [0.15, 0.2) is 0 Å². The molecule has 2 N–H and O–H groups in total. The molecule has 1 aromatic carbocycles. The molecule has 5 nitrogen and oxygen atoms in total. The molecule has 136 valence electrons. The Morgan fingerprint density at radius 1 is 1.04 bits per heavy atom. The number of amides is 1. The first-order valence-corrected chi connectivity index (χ1v) is 9.72. The van der Waals surface area contributed by atoms with Gasteiger partial charge in [-0.05, 0) is 49.4 Å². The fraction of sp³-hybridized carbons (Fsp3) is 0.190. The molecule has 0 saturated carbocycles. The van der Waals surface area contributed by atoms with E-state index in [-0.39, 0.29) is 11.5 Å². The van der Waals surface area contributed by atoms with Crippen LogP contribution in [0.5, 0.6) is 0 Å². The van der Waals surface area contributed by atoms with Crippen molar-refractivity contribution in [3.05, 3.63) is 70.2 Å². The van der Waals surface area contributed by atoms with E-state index in [1.807, 2.05) is 18.2 Å². The third-order valence-electron chi connectivity index (χ3n) is 4.72. The molecule has 3 aromatic rings. The Hall–Kier alpha value is -2.99. The van der Waals surface area contributed by atoms with Crippen molar-refractivity contribution < 1.29 is 14.7 Å². The number of rotatable bonds is 4. The number of nitrogens with zero attached hydrogens (tertiary/aromatic N) is 1. The van der Waals surface area contributed by atoms with Gasteiger partial charge in [-0.3, -0.25) is 9.78 Å². The molecule has 1 aliphatic carbocycles. The summed E-state index contributed by atoms with van der Waals surface area (Å²) in [6.07, 6.45) is 4.23. The molecular formula is C21H18N2O3S. The number of hydrogen-bond donors (Lipinski definition) is 2. The van der Waals surface area contributed by atoms with Gasteiger partial charge < -0.3 is 10.4 Å². The average Bonchev–Trinajstić information content (AvgIpc) is 3.12. The summed E-state index contributed by atoms with van der Waals surface area (Å²) in [6.45, 7) is 0. The number of pyridine rings is 1. The fourth-order valence-electron chi connectivity index (χ4n) is 3.35. The van der Waals surface area contributed by atoms with E-state index in [0.717, 1.165) is 25.0 Å². The van der Waals surface area contributed by atoms with Crippen LogP contribution in [0.25, 0.3) is 11.3 Å². The maximum absolute atomic E-state index is 12.4. The molecule has 1 aliphatic rings. The van der Waals surface area contributed by atoms with Crippen molar-refractivity contribution >= 4 is 28.2 Å². The summed E-state index contributed by atoms with van der Waals surface area (Å²) in [5.41, 5.74) is 4.06. The van der Waals surface area contributed by atoms with Crippen LogP contribution in [-0.2, 0) is 12.8 Å². The number of aryl methyl sites for hydroxylation is 2. The Balaban J connectivity index is 1.69. The highest BCUT2D eigenvalue weighted by molar-refractivity contribution is 7.15. The molecule has 6 heteroatoms. The van der Waals surface area contributed by atoms with E-state index in [1.54, 1.807) is 29.6 Å². The molecule has 2 heterocycles. The summed E-state index contributed by atoms with van der Waals surface area (Å²) < 4.78 is 0. The van der Waals surface area contributed by atoms with E-state index >= 15 is 0 Å². The molecule has 0 fully saturated rings. The van der Waals surface area contributed by atoms with Gasteiger partial charge in [-0.1, -0.05) is 24.3 Å². The second-order valence-corrected chi connectivity index (χ2v) is 7.37. The van der Waals surface area contributed by atoms with Crippen molar-refractivity contribution in [1.29, 1.82) is 0 Å². The largest absolute Gasteiger partial charge is 0.478 e. The van der Waals surface area contributed by atoms with Gasteiger partial charge in [0.25, 0.3) is 5.91 Å². The zero-order valence-corrected chi connectivity index (χ0v) is 15.4. The summed E-state index contributed by atoms with van der Waals surface area (Å²) in [5, 5.41) is 14.6. The summed E-state index contributed by atoms with van der Waals surface area (Å²) in [5.74, 6) is -1.40. The first-order valence-electron chi connectivity index (χ1n) is 8.84. The third kappa shape index (κ3) is 3.48. The number of hydrogen-bond acceptors (Lipinski definition) is 4.